The Balaban J connectivity index is 2.51. The van der Waals surface area contributed by atoms with Gasteiger partial charge in [-0.2, -0.15) is 0 Å². The van der Waals surface area contributed by atoms with Gasteiger partial charge in [-0.3, -0.25) is 13.4 Å². The van der Waals surface area contributed by atoms with E-state index in [4.69, 9.17) is 0 Å². The summed E-state index contributed by atoms with van der Waals surface area (Å²) in [6, 6.07) is 9.10. The van der Waals surface area contributed by atoms with E-state index in [-0.39, 0.29) is 24.7 Å². The van der Waals surface area contributed by atoms with Crippen molar-refractivity contribution in [3.63, 3.8) is 0 Å². The van der Waals surface area contributed by atoms with Crippen LogP contribution in [-0.2, 0) is 11.2 Å². The lowest BCUT2D eigenvalue weighted by Crippen LogP contribution is -2.43. The van der Waals surface area contributed by atoms with Crippen LogP contribution in [-0.4, -0.2) is 19.1 Å². The Bertz CT molecular complexity index is 371. The Hall–Kier alpha value is -1.39. The van der Waals surface area contributed by atoms with Gasteiger partial charge in [0.05, 0.1) is 12.4 Å². The maximum Gasteiger partial charge on any atom is 0.559 e. The number of benzene rings is 1. The first-order chi connectivity index (χ1) is 8.49. The molecule has 1 aromatic carbocycles. The third kappa shape index (κ3) is 5.30. The first-order valence-corrected chi connectivity index (χ1v) is 6.10. The van der Waals surface area contributed by atoms with Gasteiger partial charge in [-0.1, -0.05) is 44.2 Å². The van der Waals surface area contributed by atoms with Crippen molar-refractivity contribution in [2.45, 2.75) is 32.6 Å². The molecule has 0 aromatic heterocycles. The quantitative estimate of drug-likeness (QED) is 0.776. The maximum atomic E-state index is 12.7. The summed E-state index contributed by atoms with van der Waals surface area (Å²) in [6.07, 6.45) is 0.431. The molecule has 0 bridgehead atoms. The number of nitrogens with one attached hydrogen (secondary N) is 1. The largest absolute Gasteiger partial charge is 0.559 e. The molecular formula is C13H18BF2NO. The highest BCUT2D eigenvalue weighted by molar-refractivity contribution is 6.45. The molecule has 5 heteroatoms. The monoisotopic (exact) mass is 253 g/mol. The summed E-state index contributed by atoms with van der Waals surface area (Å²) < 4.78 is 25.5. The standard InChI is InChI=1S/C13H18BF2NO/c1-10(2)8-12(14(15)16)17-13(18)9-11-6-4-3-5-7-11/h3-7,10,12H,8-9H2,1-2H3,(H,17,18)/t12-/m0/s1. The van der Waals surface area contributed by atoms with Crippen molar-refractivity contribution in [3.05, 3.63) is 35.9 Å². The van der Waals surface area contributed by atoms with Gasteiger partial charge in [0.1, 0.15) is 0 Å². The van der Waals surface area contributed by atoms with Crippen molar-refractivity contribution >= 4 is 13.2 Å². The van der Waals surface area contributed by atoms with Crippen LogP contribution in [0.15, 0.2) is 30.3 Å². The van der Waals surface area contributed by atoms with Crippen LogP contribution in [0.2, 0.25) is 0 Å². The van der Waals surface area contributed by atoms with E-state index in [1.807, 2.05) is 32.0 Å². The van der Waals surface area contributed by atoms with Crippen molar-refractivity contribution in [1.82, 2.24) is 5.32 Å². The van der Waals surface area contributed by atoms with E-state index in [2.05, 4.69) is 5.32 Å². The molecule has 0 aliphatic heterocycles. The number of carbonyl (C=O) groups is 1. The van der Waals surface area contributed by atoms with Gasteiger partial charge in [-0.25, -0.2) is 0 Å². The molecule has 1 atom stereocenters. The molecule has 98 valence electrons. The van der Waals surface area contributed by atoms with Crippen LogP contribution in [0.5, 0.6) is 0 Å². The van der Waals surface area contributed by atoms with Crippen molar-refractivity contribution in [1.29, 1.82) is 0 Å². The van der Waals surface area contributed by atoms with E-state index in [9.17, 15) is 13.4 Å². The van der Waals surface area contributed by atoms with E-state index in [0.717, 1.165) is 5.56 Å². The summed E-state index contributed by atoms with van der Waals surface area (Å²) in [4.78, 5) is 11.7. The van der Waals surface area contributed by atoms with Crippen LogP contribution in [0.3, 0.4) is 0 Å². The Morgan fingerprint density at radius 1 is 1.28 bits per heavy atom. The van der Waals surface area contributed by atoms with Gasteiger partial charge in [0.2, 0.25) is 5.91 Å². The minimum absolute atomic E-state index is 0.126. The number of halogens is 2. The molecule has 0 spiro atoms. The third-order valence-corrected chi connectivity index (χ3v) is 2.58. The summed E-state index contributed by atoms with van der Waals surface area (Å²) in [7, 11) is -2.52. The Labute approximate surface area is 107 Å². The molecule has 0 unspecified atom stereocenters. The van der Waals surface area contributed by atoms with Gasteiger partial charge >= 0.3 is 7.27 Å². The fourth-order valence-electron chi connectivity index (χ4n) is 1.77. The highest BCUT2D eigenvalue weighted by atomic mass is 19.2. The van der Waals surface area contributed by atoms with Gasteiger partial charge in [0, 0.05) is 0 Å². The van der Waals surface area contributed by atoms with E-state index in [0.29, 0.717) is 0 Å². The van der Waals surface area contributed by atoms with Crippen molar-refractivity contribution in [2.24, 2.45) is 5.92 Å². The van der Waals surface area contributed by atoms with E-state index in [1.165, 1.54) is 0 Å². The lowest BCUT2D eigenvalue weighted by Gasteiger charge is -2.17. The minimum atomic E-state index is -2.52. The molecule has 18 heavy (non-hydrogen) atoms. The van der Waals surface area contributed by atoms with Crippen molar-refractivity contribution in [3.8, 4) is 0 Å². The molecule has 1 amide bonds. The highest BCUT2D eigenvalue weighted by Gasteiger charge is 2.29. The smallest absolute Gasteiger partial charge is 0.354 e. The van der Waals surface area contributed by atoms with E-state index in [1.54, 1.807) is 12.1 Å². The van der Waals surface area contributed by atoms with Crippen LogP contribution >= 0.6 is 0 Å². The number of rotatable bonds is 6. The molecule has 0 aliphatic rings. The predicted octanol–water partition coefficient (Wildman–Crippen LogP) is 2.73. The predicted molar refractivity (Wildman–Crippen MR) is 69.5 cm³/mol. The summed E-state index contributed by atoms with van der Waals surface area (Å²) in [5.41, 5.74) is 0.826. The maximum absolute atomic E-state index is 12.7. The molecule has 1 aromatic rings. The van der Waals surface area contributed by atoms with Crippen LogP contribution in [0.4, 0.5) is 8.63 Å². The van der Waals surface area contributed by atoms with Gasteiger partial charge in [-0.05, 0) is 17.9 Å². The molecule has 1 rings (SSSR count). The average molecular weight is 253 g/mol. The first kappa shape index (κ1) is 14.7. The molecule has 0 saturated heterocycles. The summed E-state index contributed by atoms with van der Waals surface area (Å²) in [5, 5.41) is 2.41. The molecule has 0 radical (unpaired) electrons. The number of hydrogen-bond donors (Lipinski definition) is 1. The van der Waals surface area contributed by atoms with Crippen LogP contribution in [0.25, 0.3) is 0 Å². The van der Waals surface area contributed by atoms with Crippen molar-refractivity contribution < 1.29 is 13.4 Å². The molecule has 0 saturated carbocycles. The van der Waals surface area contributed by atoms with E-state index >= 15 is 0 Å². The second-order valence-corrected chi connectivity index (χ2v) is 4.80. The normalized spacial score (nSPS) is 12.3. The van der Waals surface area contributed by atoms with Crippen LogP contribution in [0.1, 0.15) is 25.8 Å². The van der Waals surface area contributed by atoms with Gasteiger partial charge in [-0.15, -0.1) is 0 Å². The zero-order valence-corrected chi connectivity index (χ0v) is 10.7. The third-order valence-electron chi connectivity index (χ3n) is 2.58. The summed E-state index contributed by atoms with van der Waals surface area (Å²) in [6.45, 7) is 3.72. The summed E-state index contributed by atoms with van der Waals surface area (Å²) >= 11 is 0. The Morgan fingerprint density at radius 2 is 1.89 bits per heavy atom. The van der Waals surface area contributed by atoms with Gasteiger partial charge in [0.25, 0.3) is 0 Å². The van der Waals surface area contributed by atoms with Crippen LogP contribution < -0.4 is 5.32 Å². The lowest BCUT2D eigenvalue weighted by atomic mass is 9.79. The first-order valence-electron chi connectivity index (χ1n) is 6.10. The molecule has 0 aliphatic carbocycles. The molecule has 2 nitrogen and oxygen atoms in total. The highest BCUT2D eigenvalue weighted by Crippen LogP contribution is 2.10. The molecule has 1 N–H and O–H groups in total. The topological polar surface area (TPSA) is 29.1 Å². The second kappa shape index (κ2) is 7.14. The van der Waals surface area contributed by atoms with Crippen molar-refractivity contribution in [2.75, 3.05) is 0 Å². The average Bonchev–Trinajstić information content (AvgIpc) is 2.28. The summed E-state index contributed by atoms with van der Waals surface area (Å²) in [5.74, 6) is -1.28. The molecule has 0 fully saturated rings. The SMILES string of the molecule is CC(C)C[C@H](NC(=O)Cc1ccccc1)B(F)F. The number of carbonyl (C=O) groups excluding carboxylic acids is 1. The Kier molecular flexibility index (Phi) is 5.82. The lowest BCUT2D eigenvalue weighted by molar-refractivity contribution is -0.120. The number of amides is 1. The van der Waals surface area contributed by atoms with E-state index < -0.39 is 13.2 Å². The van der Waals surface area contributed by atoms with Crippen LogP contribution in [0, 0.1) is 5.92 Å². The molecule has 0 heterocycles. The minimum Gasteiger partial charge on any atom is -0.354 e. The Morgan fingerprint density at radius 3 is 2.39 bits per heavy atom. The van der Waals surface area contributed by atoms with Gasteiger partial charge in [0.15, 0.2) is 0 Å². The zero-order valence-electron chi connectivity index (χ0n) is 10.7. The van der Waals surface area contributed by atoms with Gasteiger partial charge < -0.3 is 5.32 Å². The second-order valence-electron chi connectivity index (χ2n) is 4.80. The molecular weight excluding hydrogens is 235 g/mol. The zero-order chi connectivity index (χ0) is 13.5. The fourth-order valence-corrected chi connectivity index (χ4v) is 1.77. The fraction of sp³-hybridized carbons (Fsp3) is 0.462. The number of hydrogen-bond acceptors (Lipinski definition) is 1.